The number of fused-ring (bicyclic) bond motifs is 1. The first-order chi connectivity index (χ1) is 13.1. The largest absolute Gasteiger partial charge is 0.497 e. The molecule has 7 heteroatoms. The van der Waals surface area contributed by atoms with Gasteiger partial charge in [-0.25, -0.2) is 4.79 Å². The highest BCUT2D eigenvalue weighted by atomic mass is 16.5. The van der Waals surface area contributed by atoms with E-state index in [0.717, 1.165) is 36.9 Å². The van der Waals surface area contributed by atoms with Crippen LogP contribution in [0.3, 0.4) is 0 Å². The Labute approximate surface area is 160 Å². The number of nitrogens with one attached hydrogen (secondary N) is 1. The van der Waals surface area contributed by atoms with Crippen LogP contribution < -0.4 is 10.1 Å². The van der Waals surface area contributed by atoms with E-state index in [9.17, 15) is 4.79 Å². The zero-order valence-corrected chi connectivity index (χ0v) is 16.3. The van der Waals surface area contributed by atoms with Gasteiger partial charge in [0.2, 0.25) is 0 Å². The van der Waals surface area contributed by atoms with Crippen molar-refractivity contribution in [3.63, 3.8) is 0 Å². The molecule has 0 aliphatic carbocycles. The minimum atomic E-state index is -0.146. The summed E-state index contributed by atoms with van der Waals surface area (Å²) in [6.07, 6.45) is 3.88. The van der Waals surface area contributed by atoms with E-state index in [1.54, 1.807) is 13.3 Å². The zero-order chi connectivity index (χ0) is 19.2. The highest BCUT2D eigenvalue weighted by Crippen LogP contribution is 2.28. The number of nitrogens with zero attached hydrogens (tertiary/aromatic N) is 3. The molecule has 0 radical (unpaired) electrons. The number of carbonyl (C=O) groups excluding carboxylic acids is 1. The number of ether oxygens (including phenoxy) is 2. The van der Waals surface area contributed by atoms with E-state index in [-0.39, 0.29) is 12.1 Å². The fourth-order valence-corrected chi connectivity index (χ4v) is 3.20. The molecular weight excluding hydrogens is 344 g/mol. The van der Waals surface area contributed by atoms with Crippen molar-refractivity contribution in [1.82, 2.24) is 14.8 Å². The number of likely N-dealkylation sites (N-methyl/N-ethyl adjacent to an activating group) is 1. The van der Waals surface area contributed by atoms with Crippen LogP contribution in [0.1, 0.15) is 12.8 Å². The molecule has 1 aromatic heterocycles. The molecule has 1 aliphatic rings. The van der Waals surface area contributed by atoms with Gasteiger partial charge in [-0.15, -0.1) is 0 Å². The first-order valence-electron chi connectivity index (χ1n) is 9.32. The molecular formula is C20H28N4O3. The minimum absolute atomic E-state index is 0.109. The first kappa shape index (κ1) is 19.4. The van der Waals surface area contributed by atoms with Gasteiger partial charge in [0.1, 0.15) is 5.75 Å². The second-order valence-electron chi connectivity index (χ2n) is 7.06. The summed E-state index contributed by atoms with van der Waals surface area (Å²) in [5, 5.41) is 3.95. The van der Waals surface area contributed by atoms with Crippen LogP contribution in [0.2, 0.25) is 0 Å². The lowest BCUT2D eigenvalue weighted by molar-refractivity contribution is 0.0820. The van der Waals surface area contributed by atoms with Crippen LogP contribution in [0.5, 0.6) is 5.75 Å². The average molecular weight is 372 g/mol. The Hall–Kier alpha value is -2.38. The molecule has 2 amide bonds. The van der Waals surface area contributed by atoms with Crippen molar-refractivity contribution in [2.45, 2.75) is 18.9 Å². The van der Waals surface area contributed by atoms with Crippen molar-refractivity contribution in [3.8, 4) is 5.75 Å². The third-order valence-electron chi connectivity index (χ3n) is 4.71. The molecule has 1 N–H and O–H groups in total. The molecule has 3 rings (SSSR count). The van der Waals surface area contributed by atoms with Gasteiger partial charge < -0.3 is 24.6 Å². The lowest BCUT2D eigenvalue weighted by Crippen LogP contribution is -2.43. The van der Waals surface area contributed by atoms with E-state index in [2.05, 4.69) is 15.2 Å². The Kier molecular flexibility index (Phi) is 6.47. The second-order valence-corrected chi connectivity index (χ2v) is 7.06. The molecule has 7 nitrogen and oxygen atoms in total. The molecule has 0 saturated carbocycles. The van der Waals surface area contributed by atoms with Gasteiger partial charge in [-0.3, -0.25) is 4.98 Å². The molecule has 2 aromatic rings. The average Bonchev–Trinajstić information content (AvgIpc) is 3.17. The maximum atomic E-state index is 13.0. The highest BCUT2D eigenvalue weighted by molar-refractivity contribution is 6.00. The summed E-state index contributed by atoms with van der Waals surface area (Å²) in [5.74, 6) is 0.685. The quantitative estimate of drug-likeness (QED) is 0.810. The Morgan fingerprint density at radius 3 is 2.93 bits per heavy atom. The van der Waals surface area contributed by atoms with Crippen LogP contribution in [-0.2, 0) is 4.74 Å². The van der Waals surface area contributed by atoms with Crippen LogP contribution in [0.25, 0.3) is 10.9 Å². The van der Waals surface area contributed by atoms with Crippen LogP contribution in [0.15, 0.2) is 30.5 Å². The first-order valence-corrected chi connectivity index (χ1v) is 9.32. The lowest BCUT2D eigenvalue weighted by atomic mass is 10.2. The number of hydrogen-bond donors (Lipinski definition) is 1. The molecule has 1 atom stereocenters. The van der Waals surface area contributed by atoms with Crippen molar-refractivity contribution < 1.29 is 14.3 Å². The Morgan fingerprint density at radius 1 is 1.37 bits per heavy atom. The van der Waals surface area contributed by atoms with Gasteiger partial charge >= 0.3 is 6.03 Å². The molecule has 1 aliphatic heterocycles. The van der Waals surface area contributed by atoms with E-state index in [1.807, 2.05) is 43.3 Å². The van der Waals surface area contributed by atoms with Crippen LogP contribution in [-0.4, -0.2) is 74.4 Å². The number of hydrogen-bond acceptors (Lipinski definition) is 5. The molecule has 27 heavy (non-hydrogen) atoms. The summed E-state index contributed by atoms with van der Waals surface area (Å²) < 4.78 is 11.1. The van der Waals surface area contributed by atoms with Crippen molar-refractivity contribution in [2.75, 3.05) is 52.8 Å². The molecule has 0 bridgehead atoms. The van der Waals surface area contributed by atoms with E-state index in [0.29, 0.717) is 24.5 Å². The number of amides is 2. The van der Waals surface area contributed by atoms with E-state index in [4.69, 9.17) is 9.47 Å². The lowest BCUT2D eigenvalue weighted by Gasteiger charge is -2.27. The number of carbonyl (C=O) groups is 1. The zero-order valence-electron chi connectivity index (χ0n) is 16.3. The number of aromatic nitrogens is 1. The number of benzene rings is 1. The molecule has 146 valence electrons. The Morgan fingerprint density at radius 2 is 2.22 bits per heavy atom. The van der Waals surface area contributed by atoms with Crippen molar-refractivity contribution in [3.05, 3.63) is 30.5 Å². The normalized spacial score (nSPS) is 16.7. The van der Waals surface area contributed by atoms with Gasteiger partial charge in [-0.1, -0.05) is 6.07 Å². The molecule has 1 aromatic carbocycles. The van der Waals surface area contributed by atoms with Gasteiger partial charge in [0.15, 0.2) is 0 Å². The van der Waals surface area contributed by atoms with Crippen LogP contribution in [0.4, 0.5) is 10.5 Å². The minimum Gasteiger partial charge on any atom is -0.497 e. The molecule has 0 spiro atoms. The maximum Gasteiger partial charge on any atom is 0.322 e. The molecule has 1 fully saturated rings. The predicted octanol–water partition coefficient (Wildman–Crippen LogP) is 2.82. The summed E-state index contributed by atoms with van der Waals surface area (Å²) in [5.41, 5.74) is 1.40. The smallest absolute Gasteiger partial charge is 0.322 e. The van der Waals surface area contributed by atoms with Gasteiger partial charge in [0.05, 0.1) is 24.4 Å². The van der Waals surface area contributed by atoms with Crippen LogP contribution in [0, 0.1) is 0 Å². The van der Waals surface area contributed by atoms with Gasteiger partial charge in [-0.05, 0) is 39.1 Å². The van der Waals surface area contributed by atoms with Crippen molar-refractivity contribution >= 4 is 22.6 Å². The number of rotatable bonds is 7. The molecule has 2 heterocycles. The van der Waals surface area contributed by atoms with Crippen molar-refractivity contribution in [1.29, 1.82) is 0 Å². The van der Waals surface area contributed by atoms with E-state index in [1.165, 1.54) is 0 Å². The number of anilines is 1. The summed E-state index contributed by atoms with van der Waals surface area (Å²) in [4.78, 5) is 21.3. The number of pyridine rings is 1. The third-order valence-corrected chi connectivity index (χ3v) is 4.71. The maximum absolute atomic E-state index is 13.0. The predicted molar refractivity (Wildman–Crippen MR) is 106 cm³/mol. The summed E-state index contributed by atoms with van der Waals surface area (Å²) >= 11 is 0. The fraction of sp³-hybridized carbons (Fsp3) is 0.500. The van der Waals surface area contributed by atoms with E-state index >= 15 is 0 Å². The van der Waals surface area contributed by atoms with Gasteiger partial charge in [-0.2, -0.15) is 0 Å². The van der Waals surface area contributed by atoms with E-state index < -0.39 is 0 Å². The summed E-state index contributed by atoms with van der Waals surface area (Å²) in [7, 11) is 5.62. The van der Waals surface area contributed by atoms with Gasteiger partial charge in [0, 0.05) is 43.9 Å². The van der Waals surface area contributed by atoms with Gasteiger partial charge in [0.25, 0.3) is 0 Å². The number of urea groups is 1. The van der Waals surface area contributed by atoms with Crippen molar-refractivity contribution in [2.24, 2.45) is 0 Å². The monoisotopic (exact) mass is 372 g/mol. The standard InChI is InChI=1S/C20H28N4O3/c1-23(2)9-10-24(14-16-7-5-11-27-16)20(25)22-18-13-17(26-3)12-15-6-4-8-21-19(15)18/h4,6,8,12-13,16H,5,7,9-11,14H2,1-3H3,(H,22,25)/t16-/m0/s1. The number of methoxy groups -OCH3 is 1. The Balaban J connectivity index is 1.80. The molecule has 1 saturated heterocycles. The fourth-order valence-electron chi connectivity index (χ4n) is 3.20. The molecule has 0 unspecified atom stereocenters. The summed E-state index contributed by atoms with van der Waals surface area (Å²) in [6.45, 7) is 2.79. The SMILES string of the molecule is COc1cc(NC(=O)N(CCN(C)C)C[C@@H]2CCCO2)c2ncccc2c1. The Bertz CT molecular complexity index is 775. The third kappa shape index (κ3) is 5.08. The summed E-state index contributed by atoms with van der Waals surface area (Å²) in [6, 6.07) is 7.40. The second kappa shape index (κ2) is 9.01. The topological polar surface area (TPSA) is 66.9 Å². The van der Waals surface area contributed by atoms with Crippen LogP contribution >= 0.6 is 0 Å². The highest BCUT2D eigenvalue weighted by Gasteiger charge is 2.23.